The van der Waals surface area contributed by atoms with Crippen molar-refractivity contribution < 1.29 is 4.52 Å². The van der Waals surface area contributed by atoms with Gasteiger partial charge in [-0.25, -0.2) is 0 Å². The summed E-state index contributed by atoms with van der Waals surface area (Å²) in [6, 6.07) is 0. The van der Waals surface area contributed by atoms with Gasteiger partial charge in [0.2, 0.25) is 0 Å². The van der Waals surface area contributed by atoms with Gasteiger partial charge in [0.1, 0.15) is 5.76 Å². The number of nitrogens with zero attached hydrogens (tertiary/aromatic N) is 2. The molecule has 0 bridgehead atoms. The number of rotatable bonds is 3. The topological polar surface area (TPSA) is 41.3 Å². The van der Waals surface area contributed by atoms with Gasteiger partial charge in [0.25, 0.3) is 0 Å². The van der Waals surface area contributed by atoms with Crippen LogP contribution in [0.4, 0.5) is 0 Å². The van der Waals surface area contributed by atoms with Crippen molar-refractivity contribution in [3.05, 3.63) is 17.0 Å². The van der Waals surface area contributed by atoms with E-state index in [-0.39, 0.29) is 0 Å². The first kappa shape index (κ1) is 10.6. The maximum atomic E-state index is 5.29. The molecule has 0 aromatic carbocycles. The minimum atomic E-state index is 0.933. The first-order chi connectivity index (χ1) is 7.31. The lowest BCUT2D eigenvalue weighted by molar-refractivity contribution is 0.231. The molecule has 84 valence electrons. The fourth-order valence-electron chi connectivity index (χ4n) is 2.01. The molecule has 0 atom stereocenters. The van der Waals surface area contributed by atoms with Gasteiger partial charge in [-0.05, 0) is 6.92 Å². The van der Waals surface area contributed by atoms with E-state index < -0.39 is 0 Å². The van der Waals surface area contributed by atoms with Crippen molar-refractivity contribution in [2.45, 2.75) is 26.8 Å². The maximum absolute atomic E-state index is 5.29. The molecule has 0 spiro atoms. The van der Waals surface area contributed by atoms with Crippen LogP contribution in [0.1, 0.15) is 23.9 Å². The Morgan fingerprint density at radius 2 is 2.13 bits per heavy atom. The fourth-order valence-corrected chi connectivity index (χ4v) is 2.01. The van der Waals surface area contributed by atoms with Gasteiger partial charge < -0.3 is 9.84 Å². The average Bonchev–Trinajstić information content (AvgIpc) is 2.62. The van der Waals surface area contributed by atoms with Crippen LogP contribution in [0.3, 0.4) is 0 Å². The predicted molar refractivity (Wildman–Crippen MR) is 58.8 cm³/mol. The molecule has 1 aliphatic heterocycles. The molecule has 1 aromatic rings. The van der Waals surface area contributed by atoms with Crippen LogP contribution in [0.25, 0.3) is 0 Å². The van der Waals surface area contributed by atoms with E-state index in [0.717, 1.165) is 50.6 Å². The van der Waals surface area contributed by atoms with E-state index in [0.29, 0.717) is 0 Å². The van der Waals surface area contributed by atoms with E-state index in [1.165, 1.54) is 5.56 Å². The molecule has 15 heavy (non-hydrogen) atoms. The predicted octanol–water partition coefficient (Wildman–Crippen LogP) is 0.951. The van der Waals surface area contributed by atoms with E-state index in [1.54, 1.807) is 0 Å². The maximum Gasteiger partial charge on any atom is 0.141 e. The number of aryl methyl sites for hydroxylation is 2. The van der Waals surface area contributed by atoms with Crippen LogP contribution in [-0.2, 0) is 13.0 Å². The summed E-state index contributed by atoms with van der Waals surface area (Å²) in [6.45, 7) is 9.54. The van der Waals surface area contributed by atoms with E-state index in [2.05, 4.69) is 22.3 Å². The Labute approximate surface area is 90.6 Å². The molecule has 1 saturated heterocycles. The lowest BCUT2D eigenvalue weighted by Gasteiger charge is -2.27. The second-order valence-electron chi connectivity index (χ2n) is 4.05. The third-order valence-corrected chi connectivity index (χ3v) is 2.98. The SMILES string of the molecule is CCc1onc(C)c1CN1CCNCC1. The summed E-state index contributed by atoms with van der Waals surface area (Å²) < 4.78 is 5.29. The van der Waals surface area contributed by atoms with Gasteiger partial charge in [-0.3, -0.25) is 4.90 Å². The van der Waals surface area contributed by atoms with Gasteiger partial charge in [0.15, 0.2) is 0 Å². The molecule has 2 rings (SSSR count). The molecule has 0 amide bonds. The summed E-state index contributed by atoms with van der Waals surface area (Å²) in [4.78, 5) is 2.45. The second kappa shape index (κ2) is 4.77. The first-order valence-electron chi connectivity index (χ1n) is 5.68. The Morgan fingerprint density at radius 1 is 1.40 bits per heavy atom. The highest BCUT2D eigenvalue weighted by Gasteiger charge is 2.16. The molecule has 0 unspecified atom stereocenters. The Hall–Kier alpha value is -0.870. The Morgan fingerprint density at radius 3 is 2.80 bits per heavy atom. The zero-order valence-corrected chi connectivity index (χ0v) is 9.55. The Bertz CT molecular complexity index is 316. The molecule has 1 aliphatic rings. The number of nitrogens with one attached hydrogen (secondary N) is 1. The summed E-state index contributed by atoms with van der Waals surface area (Å²) >= 11 is 0. The van der Waals surface area contributed by atoms with Crippen LogP contribution >= 0.6 is 0 Å². The Balaban J connectivity index is 2.04. The standard InChI is InChI=1S/C11H19N3O/c1-3-11-10(9(2)13-15-11)8-14-6-4-12-5-7-14/h12H,3-8H2,1-2H3. The van der Waals surface area contributed by atoms with Gasteiger partial charge in [0, 0.05) is 44.7 Å². The van der Waals surface area contributed by atoms with Crippen LogP contribution in [0, 0.1) is 6.92 Å². The van der Waals surface area contributed by atoms with Crippen molar-refractivity contribution >= 4 is 0 Å². The zero-order valence-electron chi connectivity index (χ0n) is 9.55. The minimum Gasteiger partial charge on any atom is -0.361 e. The summed E-state index contributed by atoms with van der Waals surface area (Å²) in [5.41, 5.74) is 2.34. The van der Waals surface area contributed by atoms with Crippen molar-refractivity contribution in [3.8, 4) is 0 Å². The van der Waals surface area contributed by atoms with Crippen molar-refractivity contribution in [2.75, 3.05) is 26.2 Å². The molecule has 1 N–H and O–H groups in total. The van der Waals surface area contributed by atoms with Gasteiger partial charge in [-0.2, -0.15) is 0 Å². The molecule has 0 aliphatic carbocycles. The summed E-state index contributed by atoms with van der Waals surface area (Å²) in [6.07, 6.45) is 0.933. The monoisotopic (exact) mass is 209 g/mol. The summed E-state index contributed by atoms with van der Waals surface area (Å²) in [5.74, 6) is 1.05. The van der Waals surface area contributed by atoms with E-state index in [9.17, 15) is 0 Å². The molecule has 1 aromatic heterocycles. The molecular weight excluding hydrogens is 190 g/mol. The average molecular weight is 209 g/mol. The quantitative estimate of drug-likeness (QED) is 0.804. The van der Waals surface area contributed by atoms with E-state index in [4.69, 9.17) is 4.52 Å². The Kier molecular flexibility index (Phi) is 3.38. The number of hydrogen-bond acceptors (Lipinski definition) is 4. The third-order valence-electron chi connectivity index (χ3n) is 2.98. The molecule has 0 radical (unpaired) electrons. The molecule has 4 nitrogen and oxygen atoms in total. The molecule has 4 heteroatoms. The molecule has 1 fully saturated rings. The largest absolute Gasteiger partial charge is 0.361 e. The number of hydrogen-bond donors (Lipinski definition) is 1. The summed E-state index contributed by atoms with van der Waals surface area (Å²) in [5, 5.41) is 7.39. The molecular formula is C11H19N3O. The van der Waals surface area contributed by atoms with E-state index >= 15 is 0 Å². The first-order valence-corrected chi connectivity index (χ1v) is 5.68. The van der Waals surface area contributed by atoms with Crippen molar-refractivity contribution in [1.82, 2.24) is 15.4 Å². The molecule has 2 heterocycles. The smallest absolute Gasteiger partial charge is 0.141 e. The van der Waals surface area contributed by atoms with Crippen LogP contribution in [0.5, 0.6) is 0 Å². The molecule has 0 saturated carbocycles. The normalized spacial score (nSPS) is 18.3. The highest BCUT2D eigenvalue weighted by Crippen LogP contribution is 2.16. The summed E-state index contributed by atoms with van der Waals surface area (Å²) in [7, 11) is 0. The van der Waals surface area contributed by atoms with Crippen molar-refractivity contribution in [1.29, 1.82) is 0 Å². The highest BCUT2D eigenvalue weighted by atomic mass is 16.5. The number of piperazine rings is 1. The van der Waals surface area contributed by atoms with Gasteiger partial charge in [-0.1, -0.05) is 12.1 Å². The minimum absolute atomic E-state index is 0.933. The second-order valence-corrected chi connectivity index (χ2v) is 4.05. The highest BCUT2D eigenvalue weighted by molar-refractivity contribution is 5.21. The number of aromatic nitrogens is 1. The van der Waals surface area contributed by atoms with Gasteiger partial charge in [-0.15, -0.1) is 0 Å². The van der Waals surface area contributed by atoms with Crippen LogP contribution in [-0.4, -0.2) is 36.2 Å². The van der Waals surface area contributed by atoms with Crippen LogP contribution in [0.15, 0.2) is 4.52 Å². The van der Waals surface area contributed by atoms with Crippen LogP contribution in [0.2, 0.25) is 0 Å². The lowest BCUT2D eigenvalue weighted by atomic mass is 10.1. The van der Waals surface area contributed by atoms with Crippen molar-refractivity contribution in [3.63, 3.8) is 0 Å². The van der Waals surface area contributed by atoms with Crippen molar-refractivity contribution in [2.24, 2.45) is 0 Å². The fraction of sp³-hybridized carbons (Fsp3) is 0.727. The van der Waals surface area contributed by atoms with Gasteiger partial charge >= 0.3 is 0 Å². The third kappa shape index (κ3) is 2.38. The van der Waals surface area contributed by atoms with E-state index in [1.807, 2.05) is 6.92 Å². The lowest BCUT2D eigenvalue weighted by Crippen LogP contribution is -2.43. The van der Waals surface area contributed by atoms with Crippen LogP contribution < -0.4 is 5.32 Å². The van der Waals surface area contributed by atoms with Gasteiger partial charge in [0.05, 0.1) is 5.69 Å². The zero-order chi connectivity index (χ0) is 10.7.